The van der Waals surface area contributed by atoms with Gasteiger partial charge in [-0.05, 0) is 29.5 Å². The Morgan fingerprint density at radius 1 is 1.06 bits per heavy atom. The minimum absolute atomic E-state index is 0.105. The number of para-hydroxylation sites is 1. The largest absolute Gasteiger partial charge is 0.445 e. The summed E-state index contributed by atoms with van der Waals surface area (Å²) in [5, 5.41) is 16.5. The first kappa shape index (κ1) is 23.3. The molecule has 7 nitrogen and oxygen atoms in total. The highest BCUT2D eigenvalue weighted by atomic mass is 16.5. The Morgan fingerprint density at radius 3 is 2.50 bits per heavy atom. The normalized spacial score (nSPS) is 13.8. The molecule has 0 aliphatic rings. The van der Waals surface area contributed by atoms with Crippen molar-refractivity contribution in [1.82, 2.24) is 15.6 Å². The molecule has 0 aliphatic heterocycles. The summed E-state index contributed by atoms with van der Waals surface area (Å²) in [6.45, 7) is 3.77. The summed E-state index contributed by atoms with van der Waals surface area (Å²) in [6.07, 6.45) is 2.41. The number of amides is 2. The van der Waals surface area contributed by atoms with Crippen LogP contribution >= 0.6 is 0 Å². The van der Waals surface area contributed by atoms with E-state index in [1.54, 1.807) is 0 Å². The third-order valence-electron chi connectivity index (χ3n) is 5.69. The van der Waals surface area contributed by atoms with E-state index in [0.29, 0.717) is 12.8 Å². The first-order valence-corrected chi connectivity index (χ1v) is 10.9. The van der Waals surface area contributed by atoms with Crippen LogP contribution in [0.5, 0.6) is 0 Å². The molecule has 2 amide bonds. The number of aliphatic hydroxyl groups is 1. The van der Waals surface area contributed by atoms with E-state index in [1.807, 2.05) is 74.6 Å². The summed E-state index contributed by atoms with van der Waals surface area (Å²) < 4.78 is 5.28. The lowest BCUT2D eigenvalue weighted by Crippen LogP contribution is -2.53. The number of hydrogen-bond donors (Lipinski definition) is 4. The second-order valence-corrected chi connectivity index (χ2v) is 8.02. The van der Waals surface area contributed by atoms with Crippen molar-refractivity contribution < 1.29 is 19.4 Å². The van der Waals surface area contributed by atoms with Gasteiger partial charge in [0.2, 0.25) is 5.91 Å². The fraction of sp³-hybridized carbons (Fsp3) is 0.360. The number of nitrogens with one attached hydrogen (secondary N) is 3. The van der Waals surface area contributed by atoms with Crippen molar-refractivity contribution in [2.75, 3.05) is 6.61 Å². The molecule has 3 rings (SSSR count). The minimum Gasteiger partial charge on any atom is -0.445 e. The zero-order valence-corrected chi connectivity index (χ0v) is 18.5. The summed E-state index contributed by atoms with van der Waals surface area (Å²) in [4.78, 5) is 28.6. The number of aliphatic hydroxyl groups excluding tert-OH is 1. The first-order valence-electron chi connectivity index (χ1n) is 10.9. The molecule has 1 heterocycles. The Labute approximate surface area is 188 Å². The Bertz CT molecular complexity index is 1020. The highest BCUT2D eigenvalue weighted by molar-refractivity contribution is 5.86. The number of H-pyrrole nitrogens is 1. The van der Waals surface area contributed by atoms with Crippen LogP contribution < -0.4 is 10.6 Å². The van der Waals surface area contributed by atoms with E-state index >= 15 is 0 Å². The molecule has 0 unspecified atom stereocenters. The summed E-state index contributed by atoms with van der Waals surface area (Å²) in [7, 11) is 0. The van der Waals surface area contributed by atoms with Crippen LogP contribution in [-0.4, -0.2) is 40.8 Å². The predicted octanol–water partition coefficient (Wildman–Crippen LogP) is 3.53. The molecule has 170 valence electrons. The molecule has 0 spiro atoms. The molecule has 0 saturated heterocycles. The van der Waals surface area contributed by atoms with Crippen molar-refractivity contribution in [1.29, 1.82) is 0 Å². The number of ether oxygens (including phenoxy) is 1. The molecule has 0 bridgehead atoms. The van der Waals surface area contributed by atoms with Crippen molar-refractivity contribution in [3.8, 4) is 0 Å². The highest BCUT2D eigenvalue weighted by Gasteiger charge is 2.28. The van der Waals surface area contributed by atoms with Crippen LogP contribution in [0.15, 0.2) is 60.8 Å². The number of hydrogen-bond acceptors (Lipinski definition) is 4. The molecule has 0 aliphatic carbocycles. The molecule has 4 N–H and O–H groups in total. The van der Waals surface area contributed by atoms with Gasteiger partial charge in [0, 0.05) is 17.1 Å². The van der Waals surface area contributed by atoms with Crippen LogP contribution in [0, 0.1) is 5.92 Å². The summed E-state index contributed by atoms with van der Waals surface area (Å²) in [6, 6.07) is 16.0. The number of rotatable bonds is 10. The van der Waals surface area contributed by atoms with E-state index in [-0.39, 0.29) is 25.0 Å². The maximum atomic E-state index is 13.0. The number of carbonyl (C=O) groups is 2. The van der Waals surface area contributed by atoms with Crippen molar-refractivity contribution in [3.05, 3.63) is 71.9 Å². The van der Waals surface area contributed by atoms with Crippen molar-refractivity contribution >= 4 is 22.9 Å². The molecule has 3 aromatic rings. The van der Waals surface area contributed by atoms with Gasteiger partial charge in [-0.2, -0.15) is 0 Å². The number of benzene rings is 2. The predicted molar refractivity (Wildman–Crippen MR) is 124 cm³/mol. The number of aromatic nitrogens is 1. The van der Waals surface area contributed by atoms with E-state index < -0.39 is 18.2 Å². The average molecular weight is 438 g/mol. The monoisotopic (exact) mass is 437 g/mol. The number of alkyl carbamates (subject to hydrolysis) is 1. The lowest BCUT2D eigenvalue weighted by molar-refractivity contribution is -0.125. The highest BCUT2D eigenvalue weighted by Crippen LogP contribution is 2.19. The number of aromatic amines is 1. The second-order valence-electron chi connectivity index (χ2n) is 8.02. The van der Waals surface area contributed by atoms with Crippen LogP contribution in [0.4, 0.5) is 4.79 Å². The van der Waals surface area contributed by atoms with Crippen LogP contribution in [0.25, 0.3) is 10.9 Å². The zero-order valence-electron chi connectivity index (χ0n) is 18.5. The average Bonchev–Trinajstić information content (AvgIpc) is 3.23. The van der Waals surface area contributed by atoms with Crippen molar-refractivity contribution in [2.45, 2.75) is 45.4 Å². The Morgan fingerprint density at radius 2 is 1.78 bits per heavy atom. The minimum atomic E-state index is -0.764. The molecular formula is C25H31N3O4. The lowest BCUT2D eigenvalue weighted by atomic mass is 9.97. The Balaban J connectivity index is 1.61. The van der Waals surface area contributed by atoms with Gasteiger partial charge in [0.25, 0.3) is 0 Å². The fourth-order valence-corrected chi connectivity index (χ4v) is 3.61. The van der Waals surface area contributed by atoms with Gasteiger partial charge in [0.1, 0.15) is 12.6 Å². The Kier molecular flexibility index (Phi) is 8.27. The van der Waals surface area contributed by atoms with E-state index in [4.69, 9.17) is 4.74 Å². The van der Waals surface area contributed by atoms with Crippen LogP contribution in [-0.2, 0) is 22.6 Å². The van der Waals surface area contributed by atoms with Gasteiger partial charge in [0.15, 0.2) is 0 Å². The number of fused-ring (bicyclic) bond motifs is 1. The van der Waals surface area contributed by atoms with Crippen LogP contribution in [0.3, 0.4) is 0 Å². The maximum Gasteiger partial charge on any atom is 0.408 e. The molecule has 7 heteroatoms. The molecule has 0 radical (unpaired) electrons. The van der Waals surface area contributed by atoms with E-state index in [2.05, 4.69) is 15.6 Å². The van der Waals surface area contributed by atoms with Gasteiger partial charge in [-0.25, -0.2) is 4.79 Å². The molecule has 1 aromatic heterocycles. The third-order valence-corrected chi connectivity index (χ3v) is 5.69. The topological polar surface area (TPSA) is 103 Å². The smallest absolute Gasteiger partial charge is 0.408 e. The van der Waals surface area contributed by atoms with E-state index in [1.165, 1.54) is 0 Å². The van der Waals surface area contributed by atoms with Crippen molar-refractivity contribution in [2.24, 2.45) is 5.92 Å². The second kappa shape index (κ2) is 11.3. The van der Waals surface area contributed by atoms with Crippen molar-refractivity contribution in [3.63, 3.8) is 0 Å². The third kappa shape index (κ3) is 6.11. The summed E-state index contributed by atoms with van der Waals surface area (Å²) >= 11 is 0. The van der Waals surface area contributed by atoms with E-state index in [0.717, 1.165) is 22.0 Å². The summed E-state index contributed by atoms with van der Waals surface area (Å²) in [5.74, 6) is -0.443. The molecule has 0 saturated carbocycles. The Hall–Kier alpha value is -3.32. The standard InChI is InChI=1S/C25H31N3O4/c1-3-17(2)23(28-25(31)32-16-18-9-5-4-6-10-18)24(30)27-20(15-29)13-19-14-26-22-12-8-7-11-21(19)22/h4-12,14,17,20,23,26,29H,3,13,15-16H2,1-2H3,(H,27,30)(H,28,31)/t17-,20+,23-/m0/s1. The maximum absolute atomic E-state index is 13.0. The lowest BCUT2D eigenvalue weighted by Gasteiger charge is -2.26. The quantitative estimate of drug-likeness (QED) is 0.390. The van der Waals surface area contributed by atoms with Crippen LogP contribution in [0.1, 0.15) is 31.4 Å². The van der Waals surface area contributed by atoms with Gasteiger partial charge < -0.3 is 25.5 Å². The molecule has 0 fully saturated rings. The molecular weight excluding hydrogens is 406 g/mol. The fourth-order valence-electron chi connectivity index (χ4n) is 3.61. The van der Waals surface area contributed by atoms with E-state index in [9.17, 15) is 14.7 Å². The van der Waals surface area contributed by atoms with Gasteiger partial charge >= 0.3 is 6.09 Å². The van der Waals surface area contributed by atoms with Crippen LogP contribution in [0.2, 0.25) is 0 Å². The van der Waals surface area contributed by atoms with Gasteiger partial charge in [0.05, 0.1) is 12.6 Å². The number of carbonyl (C=O) groups excluding carboxylic acids is 2. The van der Waals surface area contributed by atoms with Gasteiger partial charge in [-0.15, -0.1) is 0 Å². The SMILES string of the molecule is CC[C@H](C)[C@H](NC(=O)OCc1ccccc1)C(=O)N[C@@H](CO)Cc1c[nH]c2ccccc12. The molecule has 3 atom stereocenters. The summed E-state index contributed by atoms with van der Waals surface area (Å²) in [5.41, 5.74) is 2.88. The molecule has 32 heavy (non-hydrogen) atoms. The van der Waals surface area contributed by atoms with Gasteiger partial charge in [-0.1, -0.05) is 68.8 Å². The zero-order chi connectivity index (χ0) is 22.9. The van der Waals surface area contributed by atoms with Gasteiger partial charge in [-0.3, -0.25) is 4.79 Å². The first-order chi connectivity index (χ1) is 15.5. The molecule has 2 aromatic carbocycles.